The van der Waals surface area contributed by atoms with Gasteiger partial charge in [-0.3, -0.25) is 0 Å². The van der Waals surface area contributed by atoms with Gasteiger partial charge in [0.05, 0.1) is 23.6 Å². The monoisotopic (exact) mass is 278 g/mol. The summed E-state index contributed by atoms with van der Waals surface area (Å²) in [4.78, 5) is 0. The van der Waals surface area contributed by atoms with E-state index in [9.17, 15) is 0 Å². The van der Waals surface area contributed by atoms with E-state index in [-0.39, 0.29) is 0 Å². The smallest absolute Gasteiger partial charge is 0.140 e. The van der Waals surface area contributed by atoms with Gasteiger partial charge in [-0.15, -0.1) is 0 Å². The van der Waals surface area contributed by atoms with E-state index < -0.39 is 0 Å². The molecule has 21 heavy (non-hydrogen) atoms. The molecule has 0 aliphatic rings. The van der Waals surface area contributed by atoms with Crippen LogP contribution in [0.25, 0.3) is 5.69 Å². The Labute approximate surface area is 122 Å². The standard InChI is InChI=1S/C15H14N6/c1-11-14(9-16)15(17)21(18-11)10-12-7-8-20(19-12)13-5-3-2-4-6-13/h2-8H,10,17H2,1H3. The van der Waals surface area contributed by atoms with Gasteiger partial charge in [0.2, 0.25) is 0 Å². The number of para-hydroxylation sites is 1. The molecule has 0 spiro atoms. The fourth-order valence-electron chi connectivity index (χ4n) is 2.18. The highest BCUT2D eigenvalue weighted by Crippen LogP contribution is 2.16. The van der Waals surface area contributed by atoms with Crippen LogP contribution in [0.4, 0.5) is 5.82 Å². The fourth-order valence-corrected chi connectivity index (χ4v) is 2.18. The molecular formula is C15H14N6. The Hall–Kier alpha value is -3.07. The molecule has 104 valence electrons. The first-order chi connectivity index (χ1) is 10.2. The van der Waals surface area contributed by atoms with E-state index in [0.29, 0.717) is 23.6 Å². The minimum absolute atomic E-state index is 0.379. The zero-order valence-corrected chi connectivity index (χ0v) is 11.6. The molecule has 2 heterocycles. The lowest BCUT2D eigenvalue weighted by Gasteiger charge is -2.02. The van der Waals surface area contributed by atoms with Crippen LogP contribution in [0.2, 0.25) is 0 Å². The third-order valence-corrected chi connectivity index (χ3v) is 3.26. The van der Waals surface area contributed by atoms with E-state index in [0.717, 1.165) is 11.4 Å². The highest BCUT2D eigenvalue weighted by Gasteiger charge is 2.13. The summed E-state index contributed by atoms with van der Waals surface area (Å²) in [6.45, 7) is 2.21. The lowest BCUT2D eigenvalue weighted by atomic mass is 10.3. The van der Waals surface area contributed by atoms with Crippen molar-refractivity contribution in [1.82, 2.24) is 19.6 Å². The summed E-state index contributed by atoms with van der Waals surface area (Å²) in [5, 5.41) is 17.8. The van der Waals surface area contributed by atoms with Gasteiger partial charge in [0.15, 0.2) is 0 Å². The van der Waals surface area contributed by atoms with Gasteiger partial charge in [-0.2, -0.15) is 15.5 Å². The second-order valence-corrected chi connectivity index (χ2v) is 4.70. The minimum Gasteiger partial charge on any atom is -0.383 e. The van der Waals surface area contributed by atoms with Crippen LogP contribution in [-0.2, 0) is 6.54 Å². The number of hydrogen-bond acceptors (Lipinski definition) is 4. The molecule has 0 bridgehead atoms. The Balaban J connectivity index is 1.87. The molecule has 2 N–H and O–H groups in total. The lowest BCUT2D eigenvalue weighted by molar-refractivity contribution is 0.665. The van der Waals surface area contributed by atoms with Crippen molar-refractivity contribution in [3.63, 3.8) is 0 Å². The average molecular weight is 278 g/mol. The van der Waals surface area contributed by atoms with Crippen molar-refractivity contribution in [2.24, 2.45) is 0 Å². The number of anilines is 1. The van der Waals surface area contributed by atoms with Crippen molar-refractivity contribution < 1.29 is 0 Å². The number of hydrogen-bond donors (Lipinski definition) is 1. The van der Waals surface area contributed by atoms with Crippen molar-refractivity contribution >= 4 is 5.82 Å². The first-order valence-electron chi connectivity index (χ1n) is 6.52. The van der Waals surface area contributed by atoms with Crippen molar-refractivity contribution in [1.29, 1.82) is 5.26 Å². The van der Waals surface area contributed by atoms with Crippen LogP contribution in [0, 0.1) is 18.3 Å². The van der Waals surface area contributed by atoms with Crippen molar-refractivity contribution in [2.45, 2.75) is 13.5 Å². The number of rotatable bonds is 3. The topological polar surface area (TPSA) is 85.4 Å². The Bertz CT molecular complexity index is 807. The van der Waals surface area contributed by atoms with Crippen LogP contribution in [0.3, 0.4) is 0 Å². The van der Waals surface area contributed by atoms with Crippen molar-refractivity contribution in [2.75, 3.05) is 5.73 Å². The Morgan fingerprint density at radius 2 is 1.95 bits per heavy atom. The Morgan fingerprint density at radius 1 is 1.19 bits per heavy atom. The molecule has 3 aromatic rings. The van der Waals surface area contributed by atoms with Gasteiger partial charge in [-0.1, -0.05) is 18.2 Å². The van der Waals surface area contributed by atoms with E-state index in [1.807, 2.05) is 42.6 Å². The molecule has 0 saturated carbocycles. The van der Waals surface area contributed by atoms with Gasteiger partial charge in [-0.25, -0.2) is 9.36 Å². The maximum atomic E-state index is 9.03. The summed E-state index contributed by atoms with van der Waals surface area (Å²) in [7, 11) is 0. The lowest BCUT2D eigenvalue weighted by Crippen LogP contribution is -2.07. The number of benzene rings is 1. The third-order valence-electron chi connectivity index (χ3n) is 3.26. The average Bonchev–Trinajstić information content (AvgIpc) is 3.06. The summed E-state index contributed by atoms with van der Waals surface area (Å²) < 4.78 is 3.40. The van der Waals surface area contributed by atoms with Gasteiger partial charge in [0, 0.05) is 6.20 Å². The molecule has 0 aliphatic carbocycles. The third kappa shape index (κ3) is 2.37. The summed E-state index contributed by atoms with van der Waals surface area (Å²) in [6, 6.07) is 13.8. The number of nitrogens with two attached hydrogens (primary N) is 1. The largest absolute Gasteiger partial charge is 0.383 e. The molecule has 1 aromatic carbocycles. The van der Waals surface area contributed by atoms with Gasteiger partial charge < -0.3 is 5.73 Å². The first-order valence-corrected chi connectivity index (χ1v) is 6.52. The van der Waals surface area contributed by atoms with Crippen LogP contribution < -0.4 is 5.73 Å². The van der Waals surface area contributed by atoms with Gasteiger partial charge >= 0.3 is 0 Å². The predicted octanol–water partition coefficient (Wildman–Crippen LogP) is 1.88. The van der Waals surface area contributed by atoms with E-state index in [1.54, 1.807) is 16.3 Å². The van der Waals surface area contributed by atoms with E-state index in [2.05, 4.69) is 16.3 Å². The molecular weight excluding hydrogens is 264 g/mol. The molecule has 6 nitrogen and oxygen atoms in total. The summed E-state index contributed by atoms with van der Waals surface area (Å²) >= 11 is 0. The highest BCUT2D eigenvalue weighted by atomic mass is 15.3. The Kier molecular flexibility index (Phi) is 3.16. The molecule has 0 unspecified atom stereocenters. The molecule has 0 fully saturated rings. The number of aryl methyl sites for hydroxylation is 1. The van der Waals surface area contributed by atoms with Crippen LogP contribution in [0.1, 0.15) is 17.0 Å². The molecule has 2 aromatic heterocycles. The highest BCUT2D eigenvalue weighted by molar-refractivity contribution is 5.51. The summed E-state index contributed by atoms with van der Waals surface area (Å²) in [5.41, 5.74) is 8.81. The molecule has 0 amide bonds. The Morgan fingerprint density at radius 3 is 2.62 bits per heavy atom. The normalized spacial score (nSPS) is 10.5. The fraction of sp³-hybridized carbons (Fsp3) is 0.133. The maximum absolute atomic E-state index is 9.03. The molecule has 6 heteroatoms. The zero-order chi connectivity index (χ0) is 14.8. The zero-order valence-electron chi connectivity index (χ0n) is 11.6. The molecule has 0 radical (unpaired) electrons. The van der Waals surface area contributed by atoms with Gasteiger partial charge in [-0.05, 0) is 25.1 Å². The summed E-state index contributed by atoms with van der Waals surface area (Å²) in [6.07, 6.45) is 1.89. The van der Waals surface area contributed by atoms with Crippen LogP contribution >= 0.6 is 0 Å². The van der Waals surface area contributed by atoms with Crippen LogP contribution in [-0.4, -0.2) is 19.6 Å². The predicted molar refractivity (Wildman–Crippen MR) is 78.8 cm³/mol. The maximum Gasteiger partial charge on any atom is 0.140 e. The SMILES string of the molecule is Cc1nn(Cc2ccn(-c3ccccc3)n2)c(N)c1C#N. The molecule has 0 saturated heterocycles. The number of aromatic nitrogens is 4. The second kappa shape index (κ2) is 5.13. The molecule has 3 rings (SSSR count). The number of nitrogens with zero attached hydrogens (tertiary/aromatic N) is 5. The van der Waals surface area contributed by atoms with E-state index in [4.69, 9.17) is 11.0 Å². The first kappa shape index (κ1) is 12.9. The van der Waals surface area contributed by atoms with Crippen LogP contribution in [0.15, 0.2) is 42.6 Å². The number of nitrogen functional groups attached to an aromatic ring is 1. The quantitative estimate of drug-likeness (QED) is 0.792. The number of nitriles is 1. The van der Waals surface area contributed by atoms with E-state index >= 15 is 0 Å². The van der Waals surface area contributed by atoms with E-state index in [1.165, 1.54) is 0 Å². The second-order valence-electron chi connectivity index (χ2n) is 4.70. The van der Waals surface area contributed by atoms with Gasteiger partial charge in [0.25, 0.3) is 0 Å². The van der Waals surface area contributed by atoms with Crippen LogP contribution in [0.5, 0.6) is 0 Å². The molecule has 0 aliphatic heterocycles. The van der Waals surface area contributed by atoms with Crippen molar-refractivity contribution in [3.8, 4) is 11.8 Å². The summed E-state index contributed by atoms with van der Waals surface area (Å²) in [5.74, 6) is 0.379. The van der Waals surface area contributed by atoms with Crippen molar-refractivity contribution in [3.05, 3.63) is 59.5 Å². The minimum atomic E-state index is 0.379. The van der Waals surface area contributed by atoms with Gasteiger partial charge in [0.1, 0.15) is 17.5 Å². The molecule has 0 atom stereocenters.